The van der Waals surface area contributed by atoms with Gasteiger partial charge in [0.2, 0.25) is 0 Å². The molecule has 0 amide bonds. The van der Waals surface area contributed by atoms with Crippen molar-refractivity contribution in [2.45, 2.75) is 31.6 Å². The molecular formula is C59H43N. The Morgan fingerprint density at radius 2 is 1.03 bits per heavy atom. The minimum Gasteiger partial charge on any atom is -0.309 e. The lowest BCUT2D eigenvalue weighted by Crippen LogP contribution is -2.14. The lowest BCUT2D eigenvalue weighted by Gasteiger charge is -2.23. The Morgan fingerprint density at radius 3 is 1.75 bits per heavy atom. The van der Waals surface area contributed by atoms with Crippen LogP contribution in [0.15, 0.2) is 206 Å². The van der Waals surface area contributed by atoms with E-state index in [1.54, 1.807) is 0 Å². The summed E-state index contributed by atoms with van der Waals surface area (Å²) in [6.07, 6.45) is 9.99. The average Bonchev–Trinajstić information content (AvgIpc) is 3.76. The summed E-state index contributed by atoms with van der Waals surface area (Å²) in [4.78, 5) is 0. The summed E-state index contributed by atoms with van der Waals surface area (Å²) in [7, 11) is 0. The minimum absolute atomic E-state index is 0.0726. The molecule has 2 aliphatic carbocycles. The molecule has 284 valence electrons. The SMILES string of the molecule is CC1(C)c2ccccc2-c2ccc(-c3c4ccccc4c(-c4ccc5c(c4)c4ccccc4n5-c4cc(-c5ccccc5)cc(C5C=CC=CC5)c4)c4ccccc34)cc21. The Balaban J connectivity index is 1.07. The molecule has 0 spiro atoms. The van der Waals surface area contributed by atoms with E-state index in [0.717, 1.165) is 6.42 Å². The van der Waals surface area contributed by atoms with Crippen LogP contribution in [0.5, 0.6) is 0 Å². The van der Waals surface area contributed by atoms with E-state index < -0.39 is 0 Å². The molecule has 0 N–H and O–H groups in total. The maximum atomic E-state index is 2.49. The highest BCUT2D eigenvalue weighted by molar-refractivity contribution is 6.22. The Bertz CT molecular complexity index is 3370. The summed E-state index contributed by atoms with van der Waals surface area (Å²) in [6, 6.07) is 68.3. The van der Waals surface area contributed by atoms with Gasteiger partial charge in [-0.2, -0.15) is 0 Å². The van der Waals surface area contributed by atoms with E-state index in [-0.39, 0.29) is 5.41 Å². The van der Waals surface area contributed by atoms with E-state index in [1.807, 2.05) is 0 Å². The van der Waals surface area contributed by atoms with Gasteiger partial charge in [-0.15, -0.1) is 0 Å². The summed E-state index contributed by atoms with van der Waals surface area (Å²) < 4.78 is 2.49. The van der Waals surface area contributed by atoms with Crippen molar-refractivity contribution < 1.29 is 0 Å². The van der Waals surface area contributed by atoms with Gasteiger partial charge >= 0.3 is 0 Å². The van der Waals surface area contributed by atoms with Crippen molar-refractivity contribution in [2.75, 3.05) is 0 Å². The first-order valence-electron chi connectivity index (χ1n) is 21.3. The second-order valence-corrected chi connectivity index (χ2v) is 17.2. The van der Waals surface area contributed by atoms with Crippen LogP contribution in [0.1, 0.15) is 42.9 Å². The Labute approximate surface area is 351 Å². The molecule has 1 atom stereocenters. The molecule has 0 fully saturated rings. The zero-order valence-electron chi connectivity index (χ0n) is 33.9. The molecule has 0 saturated carbocycles. The van der Waals surface area contributed by atoms with E-state index in [4.69, 9.17) is 0 Å². The van der Waals surface area contributed by atoms with Gasteiger partial charge in [0.05, 0.1) is 11.0 Å². The van der Waals surface area contributed by atoms with E-state index in [0.29, 0.717) is 5.92 Å². The third kappa shape index (κ3) is 5.25. The second-order valence-electron chi connectivity index (χ2n) is 17.2. The van der Waals surface area contributed by atoms with Crippen LogP contribution in [0.2, 0.25) is 0 Å². The van der Waals surface area contributed by atoms with Gasteiger partial charge in [0.25, 0.3) is 0 Å². The molecule has 0 aliphatic heterocycles. The molecule has 0 radical (unpaired) electrons. The van der Waals surface area contributed by atoms with Gasteiger partial charge in [0.15, 0.2) is 0 Å². The molecular weight excluding hydrogens is 723 g/mol. The number of rotatable bonds is 5. The maximum absolute atomic E-state index is 2.49. The van der Waals surface area contributed by atoms with Crippen LogP contribution in [-0.2, 0) is 5.41 Å². The largest absolute Gasteiger partial charge is 0.309 e. The van der Waals surface area contributed by atoms with E-state index >= 15 is 0 Å². The Kier molecular flexibility index (Phi) is 7.78. The number of fused-ring (bicyclic) bond motifs is 8. The van der Waals surface area contributed by atoms with Crippen LogP contribution in [0.3, 0.4) is 0 Å². The number of benzene rings is 9. The van der Waals surface area contributed by atoms with Crippen molar-refractivity contribution in [3.8, 4) is 50.2 Å². The lowest BCUT2D eigenvalue weighted by atomic mass is 9.80. The molecule has 60 heavy (non-hydrogen) atoms. The van der Waals surface area contributed by atoms with Gasteiger partial charge in [0, 0.05) is 27.8 Å². The van der Waals surface area contributed by atoms with Crippen LogP contribution in [0.25, 0.3) is 93.5 Å². The van der Waals surface area contributed by atoms with Crippen LogP contribution < -0.4 is 0 Å². The molecule has 2 aliphatic rings. The summed E-state index contributed by atoms with van der Waals surface area (Å²) >= 11 is 0. The van der Waals surface area contributed by atoms with Crippen LogP contribution in [-0.4, -0.2) is 4.57 Å². The molecule has 10 aromatic rings. The van der Waals surface area contributed by atoms with Crippen molar-refractivity contribution in [1.82, 2.24) is 4.57 Å². The summed E-state index contributed by atoms with van der Waals surface area (Å²) in [5, 5.41) is 7.61. The van der Waals surface area contributed by atoms with Crippen molar-refractivity contribution >= 4 is 43.4 Å². The first kappa shape index (κ1) is 34.8. The van der Waals surface area contributed by atoms with E-state index in [1.165, 1.54) is 110 Å². The van der Waals surface area contributed by atoms with Crippen LogP contribution >= 0.6 is 0 Å². The van der Waals surface area contributed by atoms with Crippen molar-refractivity contribution in [1.29, 1.82) is 0 Å². The smallest absolute Gasteiger partial charge is 0.0541 e. The number of aromatic nitrogens is 1. The quantitative estimate of drug-likeness (QED) is 0.154. The molecule has 0 bridgehead atoms. The van der Waals surface area contributed by atoms with Gasteiger partial charge in [-0.25, -0.2) is 0 Å². The minimum atomic E-state index is -0.0726. The first-order valence-corrected chi connectivity index (χ1v) is 21.3. The topological polar surface area (TPSA) is 4.93 Å². The second kappa shape index (κ2) is 13.4. The third-order valence-electron chi connectivity index (χ3n) is 13.5. The van der Waals surface area contributed by atoms with Crippen molar-refractivity contribution in [3.05, 3.63) is 223 Å². The summed E-state index contributed by atoms with van der Waals surface area (Å²) in [6.45, 7) is 4.75. The fourth-order valence-corrected chi connectivity index (χ4v) is 10.6. The summed E-state index contributed by atoms with van der Waals surface area (Å²) in [5.41, 5.74) is 17.9. The highest BCUT2D eigenvalue weighted by atomic mass is 15.0. The molecule has 1 nitrogen and oxygen atoms in total. The van der Waals surface area contributed by atoms with Gasteiger partial charge in [-0.1, -0.05) is 184 Å². The van der Waals surface area contributed by atoms with Crippen molar-refractivity contribution in [3.63, 3.8) is 0 Å². The Hall–Kier alpha value is -7.22. The fraction of sp³-hybridized carbons (Fsp3) is 0.0847. The van der Waals surface area contributed by atoms with Gasteiger partial charge in [-0.05, 0) is 126 Å². The molecule has 0 saturated heterocycles. The van der Waals surface area contributed by atoms with Crippen LogP contribution in [0, 0.1) is 0 Å². The number of hydrogen-bond acceptors (Lipinski definition) is 0. The average molecular weight is 766 g/mol. The third-order valence-corrected chi connectivity index (χ3v) is 13.5. The van der Waals surface area contributed by atoms with Gasteiger partial charge < -0.3 is 4.57 Å². The number of allylic oxidation sites excluding steroid dienone is 4. The normalized spacial score (nSPS) is 15.3. The predicted octanol–water partition coefficient (Wildman–Crippen LogP) is 16.0. The lowest BCUT2D eigenvalue weighted by molar-refractivity contribution is 0.660. The number of nitrogens with zero attached hydrogens (tertiary/aromatic N) is 1. The first-order chi connectivity index (χ1) is 29.5. The van der Waals surface area contributed by atoms with Gasteiger partial charge in [0.1, 0.15) is 0 Å². The Morgan fingerprint density at radius 1 is 0.433 bits per heavy atom. The fourth-order valence-electron chi connectivity index (χ4n) is 10.6. The van der Waals surface area contributed by atoms with Gasteiger partial charge in [-0.3, -0.25) is 0 Å². The van der Waals surface area contributed by atoms with Crippen LogP contribution in [0.4, 0.5) is 0 Å². The maximum Gasteiger partial charge on any atom is 0.0541 e. The molecule has 12 rings (SSSR count). The predicted molar refractivity (Wildman–Crippen MR) is 255 cm³/mol. The van der Waals surface area contributed by atoms with Crippen molar-refractivity contribution in [2.24, 2.45) is 0 Å². The highest BCUT2D eigenvalue weighted by Gasteiger charge is 2.35. The molecule has 1 aromatic heterocycles. The zero-order chi connectivity index (χ0) is 40.0. The molecule has 1 heterocycles. The number of hydrogen-bond donors (Lipinski definition) is 0. The van der Waals surface area contributed by atoms with E-state index in [9.17, 15) is 0 Å². The molecule has 9 aromatic carbocycles. The highest BCUT2D eigenvalue weighted by Crippen LogP contribution is 2.51. The molecule has 1 heteroatoms. The summed E-state index contributed by atoms with van der Waals surface area (Å²) in [5.74, 6) is 0.334. The van der Waals surface area contributed by atoms with E-state index in [2.05, 4.69) is 225 Å². The monoisotopic (exact) mass is 765 g/mol. The standard InChI is InChI=1S/C59H43N/c1-59(2)53-27-15-13-21-45(53)46-31-29-41(37-54(46)59)58-50-25-11-9-23-48(50)57(49-24-10-12-26-51(49)58)40-30-32-56-52(36-40)47-22-14-16-28-55(47)60(56)44-34-42(38-17-5-3-6-18-38)33-43(35-44)39-19-7-4-8-20-39/h3-19,21-37,39H,20H2,1-2H3. The molecule has 1 unspecified atom stereocenters. The zero-order valence-corrected chi connectivity index (χ0v) is 33.9. The number of para-hydroxylation sites is 1.